The number of carboxylic acids is 1. The molecule has 2 rings (SSSR count). The first-order chi connectivity index (χ1) is 10.4. The van der Waals surface area contributed by atoms with Gasteiger partial charge in [-0.1, -0.05) is 18.2 Å². The molecule has 0 saturated carbocycles. The molecule has 1 aromatic carbocycles. The van der Waals surface area contributed by atoms with Gasteiger partial charge in [-0.15, -0.1) is 0 Å². The van der Waals surface area contributed by atoms with Crippen LogP contribution in [-0.2, 0) is 11.8 Å². The molecular formula is C17H18N2O3. The predicted molar refractivity (Wildman–Crippen MR) is 86.0 cm³/mol. The highest BCUT2D eigenvalue weighted by molar-refractivity contribution is 6.03. The van der Waals surface area contributed by atoms with Crippen molar-refractivity contribution in [1.29, 1.82) is 0 Å². The summed E-state index contributed by atoms with van der Waals surface area (Å²) >= 11 is 0. The second-order valence-corrected chi connectivity index (χ2v) is 5.03. The number of benzene rings is 1. The highest BCUT2D eigenvalue weighted by atomic mass is 16.4. The molecule has 22 heavy (non-hydrogen) atoms. The van der Waals surface area contributed by atoms with Crippen molar-refractivity contribution in [3.8, 4) is 0 Å². The molecular weight excluding hydrogens is 280 g/mol. The van der Waals surface area contributed by atoms with Crippen LogP contribution in [0.2, 0.25) is 0 Å². The van der Waals surface area contributed by atoms with Gasteiger partial charge in [-0.3, -0.25) is 4.79 Å². The Labute approximate surface area is 128 Å². The zero-order chi connectivity index (χ0) is 16.3. The van der Waals surface area contributed by atoms with Gasteiger partial charge in [0.2, 0.25) is 5.91 Å². The average Bonchev–Trinajstić information content (AvgIpc) is 2.70. The fourth-order valence-corrected chi connectivity index (χ4v) is 2.30. The van der Waals surface area contributed by atoms with Crippen LogP contribution in [0.1, 0.15) is 27.3 Å². The molecule has 0 aliphatic rings. The van der Waals surface area contributed by atoms with Crippen LogP contribution >= 0.6 is 0 Å². The number of aromatic carboxylic acids is 1. The molecule has 114 valence electrons. The quantitative estimate of drug-likeness (QED) is 0.852. The lowest BCUT2D eigenvalue weighted by Crippen LogP contribution is -2.08. The van der Waals surface area contributed by atoms with Crippen molar-refractivity contribution in [3.63, 3.8) is 0 Å². The second kappa shape index (κ2) is 6.30. The fraction of sp³-hybridized carbons (Fsp3) is 0.176. The first kappa shape index (κ1) is 15.6. The molecule has 0 fully saturated rings. The van der Waals surface area contributed by atoms with Crippen LogP contribution < -0.4 is 5.32 Å². The summed E-state index contributed by atoms with van der Waals surface area (Å²) in [5.41, 5.74) is 3.13. The zero-order valence-electron chi connectivity index (χ0n) is 12.8. The summed E-state index contributed by atoms with van der Waals surface area (Å²) in [5.74, 6) is -1.31. The van der Waals surface area contributed by atoms with Gasteiger partial charge in [0.15, 0.2) is 0 Å². The second-order valence-electron chi connectivity index (χ2n) is 5.03. The number of aromatic nitrogens is 1. The van der Waals surface area contributed by atoms with Crippen molar-refractivity contribution in [2.45, 2.75) is 13.8 Å². The zero-order valence-corrected chi connectivity index (χ0v) is 12.8. The Hall–Kier alpha value is -2.82. The third-order valence-corrected chi connectivity index (χ3v) is 3.69. The van der Waals surface area contributed by atoms with Crippen molar-refractivity contribution in [2.75, 3.05) is 5.32 Å². The van der Waals surface area contributed by atoms with E-state index in [2.05, 4.69) is 5.32 Å². The van der Waals surface area contributed by atoms with Gasteiger partial charge < -0.3 is 15.0 Å². The Kier molecular flexibility index (Phi) is 4.46. The maximum atomic E-state index is 11.9. The highest BCUT2D eigenvalue weighted by Crippen LogP contribution is 2.22. The van der Waals surface area contributed by atoms with Crippen molar-refractivity contribution in [1.82, 2.24) is 4.57 Å². The average molecular weight is 298 g/mol. The van der Waals surface area contributed by atoms with Crippen molar-refractivity contribution < 1.29 is 14.7 Å². The van der Waals surface area contributed by atoms with E-state index in [-0.39, 0.29) is 11.6 Å². The summed E-state index contributed by atoms with van der Waals surface area (Å²) in [6, 6.07) is 9.08. The standard InChI is InChI=1S/C17H18N2O3/c1-11-12(2)19(3)16(17(21)22)14(11)9-10-15(20)18-13-7-5-4-6-8-13/h4-10H,1-3H3,(H,18,20)(H,21,22)/b10-9+. The molecule has 2 aromatic rings. The molecule has 0 saturated heterocycles. The van der Waals surface area contributed by atoms with E-state index in [4.69, 9.17) is 0 Å². The van der Waals surface area contributed by atoms with Crippen LogP contribution in [0.3, 0.4) is 0 Å². The van der Waals surface area contributed by atoms with Gasteiger partial charge in [0.1, 0.15) is 5.69 Å². The number of anilines is 1. The maximum Gasteiger partial charge on any atom is 0.353 e. The lowest BCUT2D eigenvalue weighted by molar-refractivity contribution is -0.111. The molecule has 0 bridgehead atoms. The number of carbonyl (C=O) groups excluding carboxylic acids is 1. The summed E-state index contributed by atoms with van der Waals surface area (Å²) in [4.78, 5) is 23.3. The Morgan fingerprint density at radius 1 is 1.18 bits per heavy atom. The van der Waals surface area contributed by atoms with Gasteiger partial charge in [-0.05, 0) is 37.6 Å². The minimum atomic E-state index is -1.01. The van der Waals surface area contributed by atoms with E-state index in [0.29, 0.717) is 11.3 Å². The van der Waals surface area contributed by atoms with E-state index in [0.717, 1.165) is 11.3 Å². The van der Waals surface area contributed by atoms with Crippen LogP contribution in [-0.4, -0.2) is 21.6 Å². The number of nitrogens with zero attached hydrogens (tertiary/aromatic N) is 1. The van der Waals surface area contributed by atoms with Crippen molar-refractivity contribution in [3.05, 3.63) is 58.9 Å². The predicted octanol–water partition coefficient (Wildman–Crippen LogP) is 2.99. The van der Waals surface area contributed by atoms with Gasteiger partial charge in [0.05, 0.1) is 0 Å². The van der Waals surface area contributed by atoms with Crippen LogP contribution in [0.15, 0.2) is 36.4 Å². The van der Waals surface area contributed by atoms with E-state index in [1.807, 2.05) is 32.0 Å². The van der Waals surface area contributed by atoms with Gasteiger partial charge in [-0.25, -0.2) is 4.79 Å². The van der Waals surface area contributed by atoms with Gasteiger partial charge >= 0.3 is 5.97 Å². The van der Waals surface area contributed by atoms with E-state index >= 15 is 0 Å². The molecule has 2 N–H and O–H groups in total. The molecule has 0 spiro atoms. The smallest absolute Gasteiger partial charge is 0.353 e. The first-order valence-electron chi connectivity index (χ1n) is 6.85. The minimum Gasteiger partial charge on any atom is -0.477 e. The Bertz CT molecular complexity index is 743. The van der Waals surface area contributed by atoms with Crippen molar-refractivity contribution in [2.24, 2.45) is 7.05 Å². The van der Waals surface area contributed by atoms with Crippen LogP contribution in [0, 0.1) is 13.8 Å². The Balaban J connectivity index is 2.25. The summed E-state index contributed by atoms with van der Waals surface area (Å²) in [6.07, 6.45) is 2.89. The Morgan fingerprint density at radius 2 is 1.82 bits per heavy atom. The number of hydrogen-bond acceptors (Lipinski definition) is 2. The molecule has 0 aliphatic heterocycles. The molecule has 0 radical (unpaired) electrons. The summed E-state index contributed by atoms with van der Waals surface area (Å²) in [5, 5.41) is 12.1. The highest BCUT2D eigenvalue weighted by Gasteiger charge is 2.19. The topological polar surface area (TPSA) is 71.3 Å². The number of rotatable bonds is 4. The first-order valence-corrected chi connectivity index (χ1v) is 6.85. The third kappa shape index (κ3) is 3.09. The van der Waals surface area contributed by atoms with E-state index < -0.39 is 5.97 Å². The van der Waals surface area contributed by atoms with Crippen LogP contribution in [0.25, 0.3) is 6.08 Å². The van der Waals surface area contributed by atoms with E-state index in [1.165, 1.54) is 6.08 Å². The molecule has 5 nitrogen and oxygen atoms in total. The summed E-state index contributed by atoms with van der Waals surface area (Å²) < 4.78 is 1.62. The number of nitrogens with one attached hydrogen (secondary N) is 1. The molecule has 0 aliphatic carbocycles. The fourth-order valence-electron chi connectivity index (χ4n) is 2.30. The largest absolute Gasteiger partial charge is 0.477 e. The third-order valence-electron chi connectivity index (χ3n) is 3.69. The lowest BCUT2D eigenvalue weighted by atomic mass is 10.1. The minimum absolute atomic E-state index is 0.179. The number of hydrogen-bond donors (Lipinski definition) is 2. The molecule has 1 aromatic heterocycles. The number of carbonyl (C=O) groups is 2. The molecule has 5 heteroatoms. The van der Waals surface area contributed by atoms with Crippen LogP contribution in [0.4, 0.5) is 5.69 Å². The SMILES string of the molecule is Cc1c(/C=C/C(=O)Nc2ccccc2)c(C(=O)O)n(C)c1C. The van der Waals surface area contributed by atoms with E-state index in [1.54, 1.807) is 29.8 Å². The van der Waals surface area contributed by atoms with Crippen LogP contribution in [0.5, 0.6) is 0 Å². The normalized spacial score (nSPS) is 10.9. The monoisotopic (exact) mass is 298 g/mol. The molecule has 1 amide bonds. The number of amides is 1. The Morgan fingerprint density at radius 3 is 2.41 bits per heavy atom. The van der Waals surface area contributed by atoms with Gasteiger partial charge in [-0.2, -0.15) is 0 Å². The number of para-hydroxylation sites is 1. The van der Waals surface area contributed by atoms with E-state index in [9.17, 15) is 14.7 Å². The summed E-state index contributed by atoms with van der Waals surface area (Å²) in [6.45, 7) is 3.69. The molecule has 1 heterocycles. The number of carboxylic acid groups (broad SMARTS) is 1. The summed E-state index contributed by atoms with van der Waals surface area (Å²) in [7, 11) is 1.70. The van der Waals surface area contributed by atoms with Crippen molar-refractivity contribution >= 4 is 23.6 Å². The molecule has 0 atom stereocenters. The molecule has 0 unspecified atom stereocenters. The van der Waals surface area contributed by atoms with Gasteiger partial charge in [0.25, 0.3) is 0 Å². The lowest BCUT2D eigenvalue weighted by Gasteiger charge is -2.02. The van der Waals surface area contributed by atoms with Gasteiger partial charge in [0, 0.05) is 30.1 Å². The maximum absolute atomic E-state index is 11.9.